The summed E-state index contributed by atoms with van der Waals surface area (Å²) < 4.78 is 1.75. The Kier molecular flexibility index (Phi) is 4.41. The van der Waals surface area contributed by atoms with Crippen LogP contribution in [0.4, 0.5) is 0 Å². The van der Waals surface area contributed by atoms with Crippen molar-refractivity contribution in [2.45, 2.75) is 19.4 Å². The van der Waals surface area contributed by atoms with E-state index in [1.54, 1.807) is 22.9 Å². The third kappa shape index (κ3) is 3.06. The van der Waals surface area contributed by atoms with Gasteiger partial charge in [-0.2, -0.15) is 5.10 Å². The standard InChI is InChI=1S/C13H14Cl3N3/c1-7-13(16)12(19(2)18-7)6-11(17)9-5-8(14)3-4-10(9)15/h3-5,11H,6,17H2,1-2H3. The Balaban J connectivity index is 2.30. The van der Waals surface area contributed by atoms with Gasteiger partial charge < -0.3 is 5.73 Å². The molecule has 1 unspecified atom stereocenters. The molecule has 0 spiro atoms. The zero-order chi connectivity index (χ0) is 14.2. The third-order valence-electron chi connectivity index (χ3n) is 3.03. The number of aromatic nitrogens is 2. The predicted molar refractivity (Wildman–Crippen MR) is 80.0 cm³/mol. The molecule has 0 fully saturated rings. The van der Waals surface area contributed by atoms with Crippen LogP contribution < -0.4 is 5.73 Å². The van der Waals surface area contributed by atoms with E-state index in [1.165, 1.54) is 0 Å². The summed E-state index contributed by atoms with van der Waals surface area (Å²) in [6.07, 6.45) is 0.552. The summed E-state index contributed by atoms with van der Waals surface area (Å²) in [5.41, 5.74) is 8.70. The summed E-state index contributed by atoms with van der Waals surface area (Å²) in [6, 6.07) is 4.99. The second-order valence-electron chi connectivity index (χ2n) is 4.45. The second kappa shape index (κ2) is 5.71. The van der Waals surface area contributed by atoms with Crippen LogP contribution in [0.5, 0.6) is 0 Å². The van der Waals surface area contributed by atoms with E-state index in [0.717, 1.165) is 17.0 Å². The van der Waals surface area contributed by atoms with E-state index in [1.807, 2.05) is 14.0 Å². The number of benzene rings is 1. The van der Waals surface area contributed by atoms with Crippen molar-refractivity contribution in [2.75, 3.05) is 0 Å². The lowest BCUT2D eigenvalue weighted by molar-refractivity contribution is 0.640. The average Bonchev–Trinajstić information content (AvgIpc) is 2.59. The van der Waals surface area contributed by atoms with Crippen LogP contribution >= 0.6 is 34.8 Å². The maximum atomic E-state index is 6.22. The molecule has 0 amide bonds. The molecule has 2 rings (SSSR count). The Hall–Kier alpha value is -0.740. The highest BCUT2D eigenvalue weighted by atomic mass is 35.5. The van der Waals surface area contributed by atoms with Crippen molar-refractivity contribution in [2.24, 2.45) is 12.8 Å². The van der Waals surface area contributed by atoms with Gasteiger partial charge in [-0.1, -0.05) is 34.8 Å². The Bertz CT molecular complexity index is 607. The molecular formula is C13H14Cl3N3. The van der Waals surface area contributed by atoms with E-state index < -0.39 is 0 Å². The molecule has 6 heteroatoms. The predicted octanol–water partition coefficient (Wildman–Crippen LogP) is 3.93. The van der Waals surface area contributed by atoms with E-state index in [4.69, 9.17) is 40.5 Å². The fourth-order valence-corrected chi connectivity index (χ4v) is 2.69. The molecule has 0 aliphatic rings. The molecule has 0 saturated carbocycles. The Morgan fingerprint density at radius 3 is 2.58 bits per heavy atom. The molecule has 1 aromatic carbocycles. The number of aryl methyl sites for hydroxylation is 2. The molecule has 0 radical (unpaired) electrons. The fourth-order valence-electron chi connectivity index (χ4n) is 2.02. The minimum absolute atomic E-state index is 0.279. The van der Waals surface area contributed by atoms with Crippen molar-refractivity contribution in [1.82, 2.24) is 9.78 Å². The molecule has 0 aliphatic carbocycles. The van der Waals surface area contributed by atoms with E-state index in [2.05, 4.69) is 5.10 Å². The maximum absolute atomic E-state index is 6.22. The monoisotopic (exact) mass is 317 g/mol. The number of nitrogens with two attached hydrogens (primary N) is 1. The normalized spacial score (nSPS) is 12.7. The van der Waals surface area contributed by atoms with Crippen LogP contribution in [0.15, 0.2) is 18.2 Å². The number of hydrogen-bond donors (Lipinski definition) is 1. The summed E-state index contributed by atoms with van der Waals surface area (Å²) in [5.74, 6) is 0. The van der Waals surface area contributed by atoms with Crippen molar-refractivity contribution in [3.05, 3.63) is 50.2 Å². The Morgan fingerprint density at radius 1 is 1.32 bits per heavy atom. The summed E-state index contributed by atoms with van der Waals surface area (Å²) in [5, 5.41) is 6.13. The van der Waals surface area contributed by atoms with Gasteiger partial charge in [0.05, 0.1) is 16.4 Å². The highest BCUT2D eigenvalue weighted by molar-refractivity contribution is 6.33. The summed E-state index contributed by atoms with van der Waals surface area (Å²) in [4.78, 5) is 0. The minimum Gasteiger partial charge on any atom is -0.324 e. The lowest BCUT2D eigenvalue weighted by Gasteiger charge is -2.14. The second-order valence-corrected chi connectivity index (χ2v) is 5.67. The Labute approximate surface area is 127 Å². The number of hydrogen-bond acceptors (Lipinski definition) is 2. The molecule has 0 bridgehead atoms. The van der Waals surface area contributed by atoms with Crippen molar-refractivity contribution >= 4 is 34.8 Å². The molecule has 1 heterocycles. The van der Waals surface area contributed by atoms with Gasteiger partial charge in [-0.3, -0.25) is 4.68 Å². The smallest absolute Gasteiger partial charge is 0.0847 e. The van der Waals surface area contributed by atoms with Crippen LogP contribution in [-0.4, -0.2) is 9.78 Å². The quantitative estimate of drug-likeness (QED) is 0.932. The van der Waals surface area contributed by atoms with Gasteiger partial charge in [0.2, 0.25) is 0 Å². The van der Waals surface area contributed by atoms with Crippen LogP contribution in [0, 0.1) is 6.92 Å². The van der Waals surface area contributed by atoms with Crippen LogP contribution in [0.25, 0.3) is 0 Å². The summed E-state index contributed by atoms with van der Waals surface area (Å²) in [6.45, 7) is 1.86. The summed E-state index contributed by atoms with van der Waals surface area (Å²) >= 11 is 18.3. The zero-order valence-electron chi connectivity index (χ0n) is 10.6. The van der Waals surface area contributed by atoms with Gasteiger partial charge in [-0.25, -0.2) is 0 Å². The number of halogens is 3. The largest absolute Gasteiger partial charge is 0.324 e. The van der Waals surface area contributed by atoms with Crippen LogP contribution in [0.3, 0.4) is 0 Å². The molecule has 1 aromatic heterocycles. The van der Waals surface area contributed by atoms with Gasteiger partial charge >= 0.3 is 0 Å². The molecule has 102 valence electrons. The summed E-state index contributed by atoms with van der Waals surface area (Å²) in [7, 11) is 1.85. The highest BCUT2D eigenvalue weighted by Gasteiger charge is 2.17. The van der Waals surface area contributed by atoms with E-state index in [0.29, 0.717) is 21.5 Å². The van der Waals surface area contributed by atoms with Crippen LogP contribution in [0.1, 0.15) is 23.0 Å². The van der Waals surface area contributed by atoms with Gasteiger partial charge in [0.1, 0.15) is 0 Å². The fraction of sp³-hybridized carbons (Fsp3) is 0.308. The first-order chi connectivity index (χ1) is 8.90. The zero-order valence-corrected chi connectivity index (χ0v) is 12.9. The first-order valence-corrected chi connectivity index (χ1v) is 6.92. The van der Waals surface area contributed by atoms with Crippen molar-refractivity contribution in [1.29, 1.82) is 0 Å². The van der Waals surface area contributed by atoms with Crippen LogP contribution in [-0.2, 0) is 13.5 Å². The van der Waals surface area contributed by atoms with E-state index >= 15 is 0 Å². The first kappa shape index (κ1) is 14.7. The molecule has 2 aromatic rings. The van der Waals surface area contributed by atoms with Gasteiger partial charge in [-0.15, -0.1) is 0 Å². The van der Waals surface area contributed by atoms with E-state index in [-0.39, 0.29) is 6.04 Å². The third-order valence-corrected chi connectivity index (χ3v) is 4.10. The number of rotatable bonds is 3. The van der Waals surface area contributed by atoms with E-state index in [9.17, 15) is 0 Å². The average molecular weight is 319 g/mol. The maximum Gasteiger partial charge on any atom is 0.0847 e. The Morgan fingerprint density at radius 2 is 2.00 bits per heavy atom. The number of nitrogens with zero attached hydrogens (tertiary/aromatic N) is 2. The highest BCUT2D eigenvalue weighted by Crippen LogP contribution is 2.29. The first-order valence-electron chi connectivity index (χ1n) is 5.78. The van der Waals surface area contributed by atoms with Gasteiger partial charge in [0.25, 0.3) is 0 Å². The van der Waals surface area contributed by atoms with Crippen LogP contribution in [0.2, 0.25) is 15.1 Å². The molecule has 0 saturated heterocycles. The molecule has 19 heavy (non-hydrogen) atoms. The van der Waals surface area contributed by atoms with Gasteiger partial charge in [0.15, 0.2) is 0 Å². The molecule has 2 N–H and O–H groups in total. The topological polar surface area (TPSA) is 43.8 Å². The molecule has 0 aliphatic heterocycles. The molecule has 3 nitrogen and oxygen atoms in total. The SMILES string of the molecule is Cc1nn(C)c(CC(N)c2cc(Cl)ccc2Cl)c1Cl. The van der Waals surface area contributed by atoms with Gasteiger partial charge in [0, 0.05) is 29.6 Å². The van der Waals surface area contributed by atoms with Crippen molar-refractivity contribution in [3.8, 4) is 0 Å². The molecule has 1 atom stereocenters. The lowest BCUT2D eigenvalue weighted by atomic mass is 10.0. The minimum atomic E-state index is -0.279. The van der Waals surface area contributed by atoms with Gasteiger partial charge in [-0.05, 0) is 30.7 Å². The van der Waals surface area contributed by atoms with Crippen molar-refractivity contribution < 1.29 is 0 Å². The molecular weight excluding hydrogens is 305 g/mol. The van der Waals surface area contributed by atoms with Crippen molar-refractivity contribution in [3.63, 3.8) is 0 Å². The lowest BCUT2D eigenvalue weighted by Crippen LogP contribution is -2.16.